The van der Waals surface area contributed by atoms with Crippen LogP contribution in [0.4, 0.5) is 0 Å². The van der Waals surface area contributed by atoms with E-state index < -0.39 is 0 Å². The molecular weight excluding hydrogens is 240 g/mol. The number of ether oxygens (including phenoxy) is 1. The Morgan fingerprint density at radius 1 is 1.58 bits per heavy atom. The fraction of sp³-hybridized carbons (Fsp3) is 0.786. The maximum absolute atomic E-state index is 6.29. The van der Waals surface area contributed by atoms with Crippen LogP contribution < -0.4 is 5.73 Å². The molecule has 1 saturated heterocycles. The molecule has 0 aliphatic carbocycles. The topological polar surface area (TPSA) is 56.3 Å². The van der Waals surface area contributed by atoms with Crippen molar-refractivity contribution < 1.29 is 4.74 Å². The summed E-state index contributed by atoms with van der Waals surface area (Å²) in [7, 11) is 1.97. The van der Waals surface area contributed by atoms with Crippen molar-refractivity contribution in [2.75, 3.05) is 26.2 Å². The number of hydrogen-bond acceptors (Lipinski definition) is 4. The molecule has 2 N–H and O–H groups in total. The summed E-state index contributed by atoms with van der Waals surface area (Å²) in [5.41, 5.74) is 7.53. The second-order valence-electron chi connectivity index (χ2n) is 5.36. The molecule has 0 saturated carbocycles. The SMILES string of the molecule is CCCN1CCOC(C(N)CCc2ccnn2C)C1. The third kappa shape index (κ3) is 4.03. The lowest BCUT2D eigenvalue weighted by atomic mass is 10.0. The molecule has 1 aromatic rings. The summed E-state index contributed by atoms with van der Waals surface area (Å²) >= 11 is 0. The average molecular weight is 266 g/mol. The third-order valence-corrected chi connectivity index (χ3v) is 3.85. The molecule has 108 valence electrons. The van der Waals surface area contributed by atoms with Crippen molar-refractivity contribution in [1.29, 1.82) is 0 Å². The number of nitrogens with two attached hydrogens (primary N) is 1. The molecule has 0 radical (unpaired) electrons. The van der Waals surface area contributed by atoms with Gasteiger partial charge in [0.15, 0.2) is 0 Å². The minimum Gasteiger partial charge on any atom is -0.374 e. The summed E-state index contributed by atoms with van der Waals surface area (Å²) < 4.78 is 7.74. The first-order valence-corrected chi connectivity index (χ1v) is 7.27. The first kappa shape index (κ1) is 14.5. The molecule has 2 unspecified atom stereocenters. The van der Waals surface area contributed by atoms with E-state index in [2.05, 4.69) is 23.0 Å². The Kier molecular flexibility index (Phi) is 5.36. The molecule has 1 aliphatic heterocycles. The van der Waals surface area contributed by atoms with Crippen LogP contribution in [0.1, 0.15) is 25.5 Å². The molecule has 2 rings (SSSR count). The highest BCUT2D eigenvalue weighted by molar-refractivity contribution is 5.00. The summed E-state index contributed by atoms with van der Waals surface area (Å²) in [4.78, 5) is 2.46. The molecule has 0 aromatic carbocycles. The van der Waals surface area contributed by atoms with Crippen molar-refractivity contribution in [2.24, 2.45) is 12.8 Å². The van der Waals surface area contributed by atoms with E-state index in [1.165, 1.54) is 12.1 Å². The summed E-state index contributed by atoms with van der Waals surface area (Å²) in [5.74, 6) is 0. The predicted molar refractivity (Wildman–Crippen MR) is 76.0 cm³/mol. The Morgan fingerprint density at radius 3 is 3.11 bits per heavy atom. The smallest absolute Gasteiger partial charge is 0.0853 e. The number of rotatable bonds is 6. The van der Waals surface area contributed by atoms with Crippen molar-refractivity contribution >= 4 is 0 Å². The number of aryl methyl sites for hydroxylation is 2. The fourth-order valence-corrected chi connectivity index (χ4v) is 2.66. The number of nitrogens with zero attached hydrogens (tertiary/aromatic N) is 3. The van der Waals surface area contributed by atoms with Crippen LogP contribution in [-0.4, -0.2) is 53.1 Å². The van der Waals surface area contributed by atoms with Gasteiger partial charge >= 0.3 is 0 Å². The normalized spacial score (nSPS) is 22.6. The highest BCUT2D eigenvalue weighted by Gasteiger charge is 2.25. The zero-order valence-electron chi connectivity index (χ0n) is 12.1. The summed E-state index contributed by atoms with van der Waals surface area (Å²) in [6, 6.07) is 2.16. The molecule has 1 fully saturated rings. The lowest BCUT2D eigenvalue weighted by molar-refractivity contribution is -0.0412. The minimum absolute atomic E-state index is 0.106. The molecule has 5 nitrogen and oxygen atoms in total. The largest absolute Gasteiger partial charge is 0.374 e. The van der Waals surface area contributed by atoms with Gasteiger partial charge in [-0.15, -0.1) is 0 Å². The molecule has 2 heterocycles. The van der Waals surface area contributed by atoms with Crippen molar-refractivity contribution in [3.8, 4) is 0 Å². The van der Waals surface area contributed by atoms with Crippen LogP contribution in [0.2, 0.25) is 0 Å². The standard InChI is InChI=1S/C14H26N4O/c1-3-8-18-9-10-19-14(11-18)13(15)5-4-12-6-7-16-17(12)2/h6-7,13-14H,3-5,8-11,15H2,1-2H3. The van der Waals surface area contributed by atoms with Crippen molar-refractivity contribution in [1.82, 2.24) is 14.7 Å². The molecule has 1 aromatic heterocycles. The maximum Gasteiger partial charge on any atom is 0.0853 e. The second kappa shape index (κ2) is 7.03. The van der Waals surface area contributed by atoms with Crippen LogP contribution in [-0.2, 0) is 18.2 Å². The molecule has 19 heavy (non-hydrogen) atoms. The zero-order valence-corrected chi connectivity index (χ0v) is 12.1. The van der Waals surface area contributed by atoms with E-state index >= 15 is 0 Å². The van der Waals surface area contributed by atoms with Gasteiger partial charge in [0.2, 0.25) is 0 Å². The summed E-state index contributed by atoms with van der Waals surface area (Å²) in [5, 5.41) is 4.18. The highest BCUT2D eigenvalue weighted by Crippen LogP contribution is 2.12. The predicted octanol–water partition coefficient (Wildman–Crippen LogP) is 0.791. The van der Waals surface area contributed by atoms with Gasteiger partial charge in [-0.3, -0.25) is 9.58 Å². The van der Waals surface area contributed by atoms with Crippen LogP contribution in [0, 0.1) is 0 Å². The van der Waals surface area contributed by atoms with Gasteiger partial charge in [-0.1, -0.05) is 6.92 Å². The number of hydrogen-bond donors (Lipinski definition) is 1. The third-order valence-electron chi connectivity index (χ3n) is 3.85. The van der Waals surface area contributed by atoms with E-state index in [1.54, 1.807) is 0 Å². The Balaban J connectivity index is 1.79. The Morgan fingerprint density at radius 2 is 2.42 bits per heavy atom. The van der Waals surface area contributed by atoms with E-state index in [0.29, 0.717) is 0 Å². The highest BCUT2D eigenvalue weighted by atomic mass is 16.5. The molecule has 5 heteroatoms. The van der Waals surface area contributed by atoms with Crippen LogP contribution >= 0.6 is 0 Å². The van der Waals surface area contributed by atoms with E-state index in [-0.39, 0.29) is 12.1 Å². The van der Waals surface area contributed by atoms with Gasteiger partial charge in [0.05, 0.1) is 12.7 Å². The first-order valence-electron chi connectivity index (χ1n) is 7.27. The van der Waals surface area contributed by atoms with Crippen molar-refractivity contribution in [3.05, 3.63) is 18.0 Å². The van der Waals surface area contributed by atoms with Gasteiger partial charge in [-0.2, -0.15) is 5.10 Å². The minimum atomic E-state index is 0.106. The fourth-order valence-electron chi connectivity index (χ4n) is 2.66. The van der Waals surface area contributed by atoms with Gasteiger partial charge in [0, 0.05) is 38.1 Å². The van der Waals surface area contributed by atoms with Crippen LogP contribution in [0.5, 0.6) is 0 Å². The lowest BCUT2D eigenvalue weighted by Crippen LogP contribution is -2.50. The van der Waals surface area contributed by atoms with Crippen molar-refractivity contribution in [2.45, 2.75) is 38.3 Å². The van der Waals surface area contributed by atoms with Crippen LogP contribution in [0.15, 0.2) is 12.3 Å². The number of aromatic nitrogens is 2. The molecule has 0 amide bonds. The van der Waals surface area contributed by atoms with E-state index in [9.17, 15) is 0 Å². The molecule has 2 atom stereocenters. The Hall–Kier alpha value is -0.910. The zero-order chi connectivity index (χ0) is 13.7. The monoisotopic (exact) mass is 266 g/mol. The van der Waals surface area contributed by atoms with Gasteiger partial charge in [-0.25, -0.2) is 0 Å². The van der Waals surface area contributed by atoms with Crippen LogP contribution in [0.25, 0.3) is 0 Å². The van der Waals surface area contributed by atoms with Gasteiger partial charge in [0.1, 0.15) is 0 Å². The summed E-state index contributed by atoms with van der Waals surface area (Å²) in [6.07, 6.45) is 5.11. The van der Waals surface area contributed by atoms with Crippen LogP contribution in [0.3, 0.4) is 0 Å². The van der Waals surface area contributed by atoms with E-state index in [4.69, 9.17) is 10.5 Å². The lowest BCUT2D eigenvalue weighted by Gasteiger charge is -2.35. The molecule has 0 bridgehead atoms. The average Bonchev–Trinajstić information content (AvgIpc) is 2.82. The first-order chi connectivity index (χ1) is 9.20. The quantitative estimate of drug-likeness (QED) is 0.827. The summed E-state index contributed by atoms with van der Waals surface area (Å²) in [6.45, 7) is 6.18. The van der Waals surface area contributed by atoms with Gasteiger partial charge < -0.3 is 10.5 Å². The van der Waals surface area contributed by atoms with E-state index in [0.717, 1.165) is 39.1 Å². The second-order valence-corrected chi connectivity index (χ2v) is 5.36. The molecule has 1 aliphatic rings. The Bertz CT molecular complexity index is 377. The van der Waals surface area contributed by atoms with Gasteiger partial charge in [-0.05, 0) is 31.9 Å². The Labute approximate surface area is 115 Å². The molecule has 0 spiro atoms. The molecular formula is C14H26N4O. The van der Waals surface area contributed by atoms with Crippen molar-refractivity contribution in [3.63, 3.8) is 0 Å². The number of morpholine rings is 1. The van der Waals surface area contributed by atoms with Gasteiger partial charge in [0.25, 0.3) is 0 Å². The van der Waals surface area contributed by atoms with E-state index in [1.807, 2.05) is 17.9 Å². The maximum atomic E-state index is 6.29.